The molecular formula is C24H26N4O8S2. The summed E-state index contributed by atoms with van der Waals surface area (Å²) >= 11 is 1.01. The standard InChI is InChI=1S/C24H26N4O8S2/c1-4-35-22(29)14-27-20-10-7-18(28(31)32)11-21(20)37-24(27)25-23(30)17-5-8-19(9-6-17)38(33,34)26-12-15(2)36-16(3)13-26/h5-11,15-16H,4,12-14H2,1-3H3. The predicted octanol–water partition coefficient (Wildman–Crippen LogP) is 2.71. The van der Waals surface area contributed by atoms with Crippen LogP contribution in [0.5, 0.6) is 0 Å². The smallest absolute Gasteiger partial charge is 0.326 e. The molecule has 2 heterocycles. The van der Waals surface area contributed by atoms with E-state index < -0.39 is 26.8 Å². The van der Waals surface area contributed by atoms with E-state index in [4.69, 9.17) is 9.47 Å². The molecule has 0 aliphatic carbocycles. The molecule has 1 aromatic heterocycles. The number of fused-ring (bicyclic) bond motifs is 1. The van der Waals surface area contributed by atoms with Gasteiger partial charge in [-0.15, -0.1) is 0 Å². The highest BCUT2D eigenvalue weighted by atomic mass is 32.2. The Morgan fingerprint density at radius 1 is 1.16 bits per heavy atom. The van der Waals surface area contributed by atoms with Crippen LogP contribution in [0.1, 0.15) is 31.1 Å². The molecule has 202 valence electrons. The van der Waals surface area contributed by atoms with Crippen LogP contribution in [-0.2, 0) is 30.8 Å². The summed E-state index contributed by atoms with van der Waals surface area (Å²) in [6, 6.07) is 9.59. The van der Waals surface area contributed by atoms with Gasteiger partial charge in [0.25, 0.3) is 11.6 Å². The van der Waals surface area contributed by atoms with Gasteiger partial charge in [-0.3, -0.25) is 19.7 Å². The molecule has 3 aromatic rings. The molecule has 1 aliphatic rings. The van der Waals surface area contributed by atoms with Gasteiger partial charge in [0.1, 0.15) is 6.54 Å². The van der Waals surface area contributed by atoms with Crippen molar-refractivity contribution in [1.29, 1.82) is 0 Å². The number of nitro benzene ring substituents is 1. The van der Waals surface area contributed by atoms with Crippen molar-refractivity contribution in [2.45, 2.75) is 44.4 Å². The van der Waals surface area contributed by atoms with Crippen molar-refractivity contribution >= 4 is 49.1 Å². The molecule has 0 N–H and O–H groups in total. The third-order valence-corrected chi connectivity index (χ3v) is 8.68. The molecule has 2 unspecified atom stereocenters. The Labute approximate surface area is 222 Å². The number of nitrogens with zero attached hydrogens (tertiary/aromatic N) is 4. The average Bonchev–Trinajstić information content (AvgIpc) is 3.19. The fourth-order valence-electron chi connectivity index (χ4n) is 4.15. The van der Waals surface area contributed by atoms with Gasteiger partial charge in [-0.25, -0.2) is 8.42 Å². The van der Waals surface area contributed by atoms with Gasteiger partial charge >= 0.3 is 5.97 Å². The van der Waals surface area contributed by atoms with E-state index in [9.17, 15) is 28.1 Å². The fraction of sp³-hybridized carbons (Fsp3) is 0.375. The number of morpholine rings is 1. The zero-order valence-corrected chi connectivity index (χ0v) is 22.5. The number of sulfonamides is 1. The number of carbonyl (C=O) groups is 2. The van der Waals surface area contributed by atoms with Crippen LogP contribution in [0.2, 0.25) is 0 Å². The Balaban J connectivity index is 1.67. The van der Waals surface area contributed by atoms with Gasteiger partial charge in [-0.05, 0) is 51.1 Å². The number of benzene rings is 2. The highest BCUT2D eigenvalue weighted by molar-refractivity contribution is 7.89. The first-order chi connectivity index (χ1) is 18.0. The minimum Gasteiger partial charge on any atom is -0.465 e. The lowest BCUT2D eigenvalue weighted by Gasteiger charge is -2.34. The number of amides is 1. The van der Waals surface area contributed by atoms with Gasteiger partial charge in [0.05, 0.1) is 38.9 Å². The second-order valence-corrected chi connectivity index (χ2v) is 11.7. The normalized spacial score (nSPS) is 19.0. The van der Waals surface area contributed by atoms with Crippen LogP contribution in [0.15, 0.2) is 52.4 Å². The number of thiazole rings is 1. The second kappa shape index (κ2) is 11.1. The van der Waals surface area contributed by atoms with Crippen LogP contribution in [-0.4, -0.2) is 66.0 Å². The Morgan fingerprint density at radius 2 is 1.82 bits per heavy atom. The number of rotatable bonds is 7. The molecule has 0 radical (unpaired) electrons. The molecule has 0 saturated carbocycles. The Kier molecular flexibility index (Phi) is 8.06. The average molecular weight is 563 g/mol. The number of esters is 1. The summed E-state index contributed by atoms with van der Waals surface area (Å²) < 4.78 is 40.1. The molecule has 1 saturated heterocycles. The number of aromatic nitrogens is 1. The molecule has 1 fully saturated rings. The number of ether oxygens (including phenoxy) is 2. The van der Waals surface area contributed by atoms with Crippen molar-refractivity contribution in [3.8, 4) is 0 Å². The lowest BCUT2D eigenvalue weighted by Crippen LogP contribution is -2.48. The van der Waals surface area contributed by atoms with E-state index in [1.807, 2.05) is 13.8 Å². The van der Waals surface area contributed by atoms with Crippen molar-refractivity contribution in [1.82, 2.24) is 8.87 Å². The summed E-state index contributed by atoms with van der Waals surface area (Å²) in [7, 11) is -3.78. The maximum Gasteiger partial charge on any atom is 0.326 e. The molecule has 2 atom stereocenters. The molecule has 1 aliphatic heterocycles. The summed E-state index contributed by atoms with van der Waals surface area (Å²) in [5.74, 6) is -1.22. The lowest BCUT2D eigenvalue weighted by molar-refractivity contribution is -0.384. The molecular weight excluding hydrogens is 536 g/mol. The van der Waals surface area contributed by atoms with Crippen LogP contribution in [0, 0.1) is 10.1 Å². The largest absolute Gasteiger partial charge is 0.465 e. The van der Waals surface area contributed by atoms with Crippen molar-refractivity contribution in [2.75, 3.05) is 19.7 Å². The molecule has 1 amide bonds. The first-order valence-corrected chi connectivity index (χ1v) is 14.0. The number of hydrogen-bond donors (Lipinski definition) is 0. The zero-order chi connectivity index (χ0) is 27.6. The van der Waals surface area contributed by atoms with Crippen LogP contribution in [0.3, 0.4) is 0 Å². The minimum absolute atomic E-state index is 0.0434. The minimum atomic E-state index is -3.78. The Hall–Kier alpha value is -3.46. The monoisotopic (exact) mass is 562 g/mol. The molecule has 38 heavy (non-hydrogen) atoms. The van der Waals surface area contributed by atoms with E-state index in [0.29, 0.717) is 10.2 Å². The van der Waals surface area contributed by atoms with E-state index in [1.165, 1.54) is 51.3 Å². The molecule has 0 spiro atoms. The molecule has 0 bridgehead atoms. The summed E-state index contributed by atoms with van der Waals surface area (Å²) in [5.41, 5.74) is 0.482. The highest BCUT2D eigenvalue weighted by Crippen LogP contribution is 2.24. The van der Waals surface area contributed by atoms with Gasteiger partial charge in [0.15, 0.2) is 4.80 Å². The fourth-order valence-corrected chi connectivity index (χ4v) is 6.80. The summed E-state index contributed by atoms with van der Waals surface area (Å²) in [6.45, 7) is 5.65. The van der Waals surface area contributed by atoms with E-state index in [0.717, 1.165) is 11.3 Å². The van der Waals surface area contributed by atoms with Crippen LogP contribution in [0.25, 0.3) is 10.2 Å². The third kappa shape index (κ3) is 5.83. The number of non-ortho nitro benzene ring substituents is 1. The van der Waals surface area contributed by atoms with Crippen LogP contribution >= 0.6 is 11.3 Å². The molecule has 12 nitrogen and oxygen atoms in total. The van der Waals surface area contributed by atoms with E-state index >= 15 is 0 Å². The third-order valence-electron chi connectivity index (χ3n) is 5.79. The van der Waals surface area contributed by atoms with Gasteiger partial charge in [0, 0.05) is 30.8 Å². The SMILES string of the molecule is CCOC(=O)Cn1c(=NC(=O)c2ccc(S(=O)(=O)N3CC(C)OC(C)C3)cc2)sc2cc([N+](=O)[O-])ccc21. The summed E-state index contributed by atoms with van der Waals surface area (Å²) in [6.07, 6.45) is -0.477. The first-order valence-electron chi connectivity index (χ1n) is 11.8. The van der Waals surface area contributed by atoms with Crippen LogP contribution in [0.4, 0.5) is 5.69 Å². The van der Waals surface area contributed by atoms with Crippen molar-refractivity contribution in [2.24, 2.45) is 4.99 Å². The number of carbonyl (C=O) groups excluding carboxylic acids is 2. The molecule has 4 rings (SSSR count). The Bertz CT molecular complexity index is 1550. The van der Waals surface area contributed by atoms with Crippen LogP contribution < -0.4 is 4.80 Å². The Morgan fingerprint density at radius 3 is 2.42 bits per heavy atom. The van der Waals surface area contributed by atoms with Gasteiger partial charge in [-0.2, -0.15) is 9.30 Å². The van der Waals surface area contributed by atoms with Crippen molar-refractivity contribution in [3.63, 3.8) is 0 Å². The van der Waals surface area contributed by atoms with E-state index in [2.05, 4.69) is 4.99 Å². The second-order valence-electron chi connectivity index (χ2n) is 8.71. The van der Waals surface area contributed by atoms with E-state index in [-0.39, 0.29) is 59.4 Å². The van der Waals surface area contributed by atoms with E-state index in [1.54, 1.807) is 6.92 Å². The van der Waals surface area contributed by atoms with Gasteiger partial charge in [-0.1, -0.05) is 11.3 Å². The topological polar surface area (TPSA) is 150 Å². The molecule has 14 heteroatoms. The summed E-state index contributed by atoms with van der Waals surface area (Å²) in [5, 5.41) is 11.2. The number of nitro groups is 1. The van der Waals surface area contributed by atoms with Gasteiger partial charge in [0.2, 0.25) is 10.0 Å². The number of hydrogen-bond acceptors (Lipinski definition) is 9. The lowest BCUT2D eigenvalue weighted by atomic mass is 10.2. The zero-order valence-electron chi connectivity index (χ0n) is 20.9. The first kappa shape index (κ1) is 27.6. The quantitative estimate of drug-likeness (QED) is 0.242. The summed E-state index contributed by atoms with van der Waals surface area (Å²) in [4.78, 5) is 40.2. The maximum atomic E-state index is 13.1. The molecule has 2 aromatic carbocycles. The van der Waals surface area contributed by atoms with Gasteiger partial charge < -0.3 is 14.0 Å². The van der Waals surface area contributed by atoms with Crippen molar-refractivity contribution < 1.29 is 32.4 Å². The highest BCUT2D eigenvalue weighted by Gasteiger charge is 2.32. The maximum absolute atomic E-state index is 13.1. The predicted molar refractivity (Wildman–Crippen MR) is 138 cm³/mol. The van der Waals surface area contributed by atoms with Crippen molar-refractivity contribution in [3.05, 3.63) is 62.9 Å².